The van der Waals surface area contributed by atoms with Crippen molar-refractivity contribution < 1.29 is 4.79 Å². The van der Waals surface area contributed by atoms with Gasteiger partial charge in [-0.3, -0.25) is 14.6 Å². The summed E-state index contributed by atoms with van der Waals surface area (Å²) in [5.74, 6) is 0.300. The average Bonchev–Trinajstić information content (AvgIpc) is 2.79. The van der Waals surface area contributed by atoms with Crippen molar-refractivity contribution >= 4 is 35.6 Å². The summed E-state index contributed by atoms with van der Waals surface area (Å²) < 4.78 is 1.47. The molecule has 0 bridgehead atoms. The predicted octanol–water partition coefficient (Wildman–Crippen LogP) is -0.396. The zero-order valence-electron chi connectivity index (χ0n) is 10.6. The van der Waals surface area contributed by atoms with Gasteiger partial charge < -0.3 is 15.2 Å². The summed E-state index contributed by atoms with van der Waals surface area (Å²) in [4.78, 5) is 35.4. The van der Waals surface area contributed by atoms with Gasteiger partial charge in [0, 0.05) is 12.3 Å². The molecule has 2 heterocycles. The molecule has 0 aromatic carbocycles. The molecule has 0 unspecified atom stereocenters. The quantitative estimate of drug-likeness (QED) is 0.650. The number of imidazole rings is 1. The normalized spacial score (nSPS) is 10.7. The van der Waals surface area contributed by atoms with E-state index in [1.807, 2.05) is 0 Å². The van der Waals surface area contributed by atoms with Gasteiger partial charge in [0.15, 0.2) is 11.2 Å². The summed E-state index contributed by atoms with van der Waals surface area (Å²) in [6, 6.07) is 0. The number of aromatic nitrogens is 4. The van der Waals surface area contributed by atoms with Gasteiger partial charge in [0.1, 0.15) is 6.54 Å². The molecule has 3 N–H and O–H groups in total. The molecule has 2 aromatic rings. The Labute approximate surface area is 119 Å². The number of thiol groups is 1. The topological polar surface area (TPSA) is 110 Å². The predicted molar refractivity (Wildman–Crippen MR) is 78.3 cm³/mol. The van der Waals surface area contributed by atoms with Crippen molar-refractivity contribution in [2.24, 2.45) is 0 Å². The van der Waals surface area contributed by atoms with Gasteiger partial charge in [0.2, 0.25) is 11.9 Å². The standard InChI is InChI=1S/C11H14N6O2S/c1-2-16(3-4-20)7(18)5-17-6-13-8-9(17)14-11(12)15-10(8)19/h2,6,20H,1,3-5H2,(H3,12,14,15,19). The number of nitrogens with one attached hydrogen (secondary N) is 1. The molecule has 0 saturated carbocycles. The summed E-state index contributed by atoms with van der Waals surface area (Å²) in [6.45, 7) is 4.02. The highest BCUT2D eigenvalue weighted by Crippen LogP contribution is 2.07. The second-order valence-electron chi connectivity index (χ2n) is 3.99. The van der Waals surface area contributed by atoms with Crippen LogP contribution in [0.3, 0.4) is 0 Å². The van der Waals surface area contributed by atoms with E-state index in [1.165, 1.54) is 22.0 Å². The lowest BCUT2D eigenvalue weighted by atomic mass is 10.4. The monoisotopic (exact) mass is 294 g/mol. The molecule has 2 aromatic heterocycles. The number of amides is 1. The Kier molecular flexibility index (Phi) is 4.08. The van der Waals surface area contributed by atoms with Gasteiger partial charge in [-0.25, -0.2) is 4.98 Å². The molecule has 106 valence electrons. The minimum Gasteiger partial charge on any atom is -0.369 e. The number of rotatable bonds is 5. The Hall–Kier alpha value is -2.29. The molecule has 0 aliphatic heterocycles. The average molecular weight is 294 g/mol. The minimum absolute atomic E-state index is 0.00775. The fourth-order valence-corrected chi connectivity index (χ4v) is 1.96. The van der Waals surface area contributed by atoms with Crippen LogP contribution in [0.1, 0.15) is 0 Å². The molecule has 0 aliphatic rings. The van der Waals surface area contributed by atoms with Crippen LogP contribution in [0.5, 0.6) is 0 Å². The van der Waals surface area contributed by atoms with E-state index in [0.29, 0.717) is 12.3 Å². The second-order valence-corrected chi connectivity index (χ2v) is 4.44. The highest BCUT2D eigenvalue weighted by Gasteiger charge is 2.14. The van der Waals surface area contributed by atoms with E-state index < -0.39 is 5.56 Å². The number of nitrogen functional groups attached to an aromatic ring is 1. The first-order valence-corrected chi connectivity index (χ1v) is 6.43. The molecular weight excluding hydrogens is 280 g/mol. The van der Waals surface area contributed by atoms with E-state index in [4.69, 9.17) is 5.73 Å². The van der Waals surface area contributed by atoms with Crippen LogP contribution in [-0.2, 0) is 11.3 Å². The van der Waals surface area contributed by atoms with Crippen molar-refractivity contribution in [1.82, 2.24) is 24.4 Å². The van der Waals surface area contributed by atoms with Crippen LogP contribution in [-0.4, -0.2) is 42.6 Å². The lowest BCUT2D eigenvalue weighted by Gasteiger charge is -2.16. The Balaban J connectivity index is 2.32. The van der Waals surface area contributed by atoms with Crippen molar-refractivity contribution in [3.8, 4) is 0 Å². The van der Waals surface area contributed by atoms with Gasteiger partial charge >= 0.3 is 0 Å². The van der Waals surface area contributed by atoms with Crippen LogP contribution in [0.15, 0.2) is 23.9 Å². The van der Waals surface area contributed by atoms with E-state index in [2.05, 4.69) is 34.2 Å². The van der Waals surface area contributed by atoms with E-state index >= 15 is 0 Å². The Morgan fingerprint density at radius 1 is 1.65 bits per heavy atom. The van der Waals surface area contributed by atoms with Gasteiger partial charge in [0.25, 0.3) is 5.56 Å². The zero-order chi connectivity index (χ0) is 14.7. The minimum atomic E-state index is -0.436. The summed E-state index contributed by atoms with van der Waals surface area (Å²) in [5.41, 5.74) is 5.47. The van der Waals surface area contributed by atoms with E-state index in [9.17, 15) is 9.59 Å². The number of fused-ring (bicyclic) bond motifs is 1. The number of hydrogen-bond acceptors (Lipinski definition) is 6. The number of carbonyl (C=O) groups is 1. The first kappa shape index (κ1) is 14.1. The SMILES string of the molecule is C=CN(CCS)C(=O)Cn1cnc2c(=O)[nH]c(N)nc21. The van der Waals surface area contributed by atoms with E-state index in [1.54, 1.807) is 0 Å². The third-order valence-corrected chi connectivity index (χ3v) is 2.88. The maximum absolute atomic E-state index is 12.1. The fourth-order valence-electron chi connectivity index (χ4n) is 1.75. The van der Waals surface area contributed by atoms with Crippen molar-refractivity contribution in [1.29, 1.82) is 0 Å². The first-order valence-electron chi connectivity index (χ1n) is 5.80. The van der Waals surface area contributed by atoms with Crippen molar-refractivity contribution in [3.05, 3.63) is 29.5 Å². The summed E-state index contributed by atoms with van der Waals surface area (Å²) in [6.07, 6.45) is 2.82. The first-order chi connectivity index (χ1) is 9.56. The van der Waals surface area contributed by atoms with Gasteiger partial charge in [-0.05, 0) is 6.20 Å². The number of nitrogens with two attached hydrogens (primary N) is 1. The van der Waals surface area contributed by atoms with Crippen LogP contribution >= 0.6 is 12.6 Å². The Bertz CT molecular complexity index is 706. The molecule has 0 aliphatic carbocycles. The second kappa shape index (κ2) is 5.78. The zero-order valence-corrected chi connectivity index (χ0v) is 11.5. The number of anilines is 1. The highest BCUT2D eigenvalue weighted by atomic mass is 32.1. The summed E-state index contributed by atoms with van der Waals surface area (Å²) >= 11 is 4.07. The maximum Gasteiger partial charge on any atom is 0.280 e. The molecule has 0 atom stereocenters. The number of H-pyrrole nitrogens is 1. The van der Waals surface area contributed by atoms with Gasteiger partial charge in [-0.2, -0.15) is 17.6 Å². The molecule has 0 spiro atoms. The summed E-state index contributed by atoms with van der Waals surface area (Å²) in [7, 11) is 0. The van der Waals surface area contributed by atoms with Gasteiger partial charge in [0.05, 0.1) is 6.33 Å². The van der Waals surface area contributed by atoms with Crippen molar-refractivity contribution in [2.45, 2.75) is 6.54 Å². The van der Waals surface area contributed by atoms with Crippen LogP contribution in [0.4, 0.5) is 5.95 Å². The van der Waals surface area contributed by atoms with Crippen LogP contribution in [0, 0.1) is 0 Å². The molecule has 8 nitrogen and oxygen atoms in total. The van der Waals surface area contributed by atoms with Crippen LogP contribution < -0.4 is 11.3 Å². The third-order valence-electron chi connectivity index (χ3n) is 2.68. The summed E-state index contributed by atoms with van der Waals surface area (Å²) in [5, 5.41) is 0. The van der Waals surface area contributed by atoms with Crippen molar-refractivity contribution in [3.63, 3.8) is 0 Å². The van der Waals surface area contributed by atoms with Crippen LogP contribution in [0.25, 0.3) is 11.2 Å². The fraction of sp³-hybridized carbons (Fsp3) is 0.273. The lowest BCUT2D eigenvalue weighted by molar-refractivity contribution is -0.128. The number of nitrogens with zero attached hydrogens (tertiary/aromatic N) is 4. The number of hydrogen-bond donors (Lipinski definition) is 3. The van der Waals surface area contributed by atoms with E-state index in [-0.39, 0.29) is 29.6 Å². The highest BCUT2D eigenvalue weighted by molar-refractivity contribution is 7.80. The lowest BCUT2D eigenvalue weighted by Crippen LogP contribution is -2.30. The van der Waals surface area contributed by atoms with Gasteiger partial charge in [-0.15, -0.1) is 0 Å². The van der Waals surface area contributed by atoms with Crippen LogP contribution in [0.2, 0.25) is 0 Å². The number of aromatic amines is 1. The molecule has 0 radical (unpaired) electrons. The third kappa shape index (κ3) is 2.67. The Morgan fingerprint density at radius 2 is 2.40 bits per heavy atom. The molecular formula is C11H14N6O2S. The molecule has 9 heteroatoms. The maximum atomic E-state index is 12.1. The van der Waals surface area contributed by atoms with Crippen molar-refractivity contribution in [2.75, 3.05) is 18.0 Å². The smallest absolute Gasteiger partial charge is 0.280 e. The van der Waals surface area contributed by atoms with Gasteiger partial charge in [-0.1, -0.05) is 6.58 Å². The molecule has 0 fully saturated rings. The molecule has 1 amide bonds. The molecule has 20 heavy (non-hydrogen) atoms. The Morgan fingerprint density at radius 3 is 3.05 bits per heavy atom. The van der Waals surface area contributed by atoms with E-state index in [0.717, 1.165) is 0 Å². The number of carbonyl (C=O) groups excluding carboxylic acids is 1. The molecule has 0 saturated heterocycles. The molecule has 2 rings (SSSR count). The largest absolute Gasteiger partial charge is 0.369 e.